The van der Waals surface area contributed by atoms with Gasteiger partial charge in [0.25, 0.3) is 0 Å². The molecule has 0 bridgehead atoms. The maximum Gasteiger partial charge on any atom is 0.338 e. The number of hydrogen-bond acceptors (Lipinski definition) is 14. The second kappa shape index (κ2) is 21.8. The number of benzene rings is 2. The van der Waals surface area contributed by atoms with Gasteiger partial charge in [0.1, 0.15) is 6.33 Å². The first kappa shape index (κ1) is 48.7. The molecule has 4 N–H and O–H groups in total. The predicted molar refractivity (Wildman–Crippen MR) is 251 cm³/mol. The predicted octanol–water partition coefficient (Wildman–Crippen LogP) is 12.2. The number of nitrogen functional groups attached to an aromatic ring is 2. The number of anilines is 2. The lowest BCUT2D eigenvalue weighted by Gasteiger charge is -2.15. The van der Waals surface area contributed by atoms with Crippen molar-refractivity contribution in [1.82, 2.24) is 29.5 Å². The quantitative estimate of drug-likeness (QED) is 0.0557. The van der Waals surface area contributed by atoms with Crippen molar-refractivity contribution in [3.63, 3.8) is 0 Å². The van der Waals surface area contributed by atoms with Gasteiger partial charge in [0, 0.05) is 16.9 Å². The monoisotopic (exact) mass is 875 g/mol. The van der Waals surface area contributed by atoms with Crippen molar-refractivity contribution in [2.75, 3.05) is 24.7 Å². The topological polar surface area (TPSA) is 216 Å². The summed E-state index contributed by atoms with van der Waals surface area (Å²) in [5.74, 6) is 0.895. The highest BCUT2D eigenvalue weighted by atomic mass is 16.5. The van der Waals surface area contributed by atoms with Crippen LogP contribution in [0.15, 0.2) is 81.4 Å². The number of rotatable bonds is 20. The lowest BCUT2D eigenvalue weighted by molar-refractivity contribution is 0.0419. The van der Waals surface area contributed by atoms with Gasteiger partial charge in [0.2, 0.25) is 0 Å². The van der Waals surface area contributed by atoms with Gasteiger partial charge < -0.3 is 20.9 Å². The Morgan fingerprint density at radius 2 is 1.03 bits per heavy atom. The van der Waals surface area contributed by atoms with E-state index in [4.69, 9.17) is 31.1 Å². The molecule has 16 heteroatoms. The van der Waals surface area contributed by atoms with E-state index in [0.717, 1.165) is 51.4 Å². The van der Waals surface area contributed by atoms with Crippen LogP contribution in [0.2, 0.25) is 0 Å². The Balaban J connectivity index is 1.42. The molecule has 2 unspecified atom stereocenters. The van der Waals surface area contributed by atoms with Crippen LogP contribution in [0.4, 0.5) is 34.4 Å². The number of unbranched alkanes of at least 4 members (excludes halogenated alkanes) is 2. The average Bonchev–Trinajstić information content (AvgIpc) is 3.81. The minimum Gasteiger partial charge on any atom is -0.462 e. The summed E-state index contributed by atoms with van der Waals surface area (Å²) in [6.45, 7) is 21.3. The number of esters is 2. The van der Waals surface area contributed by atoms with Gasteiger partial charge in [0.15, 0.2) is 34.6 Å². The zero-order valence-electron chi connectivity index (χ0n) is 39.3. The van der Waals surface area contributed by atoms with Gasteiger partial charge >= 0.3 is 11.9 Å². The molecule has 3 aromatic heterocycles. The Morgan fingerprint density at radius 1 is 0.625 bits per heavy atom. The second-order valence-electron chi connectivity index (χ2n) is 18.3. The molecular weight excluding hydrogens is 809 g/mol. The van der Waals surface area contributed by atoms with E-state index in [1.54, 1.807) is 54.6 Å². The van der Waals surface area contributed by atoms with Gasteiger partial charge in [-0.15, -0.1) is 10.2 Å². The van der Waals surface area contributed by atoms with E-state index in [-0.39, 0.29) is 11.6 Å². The van der Waals surface area contributed by atoms with Crippen LogP contribution in [-0.4, -0.2) is 54.7 Å². The number of hydrogen-bond donors (Lipinski definition) is 2. The Labute approximate surface area is 377 Å². The maximum absolute atomic E-state index is 13.0. The van der Waals surface area contributed by atoms with Crippen LogP contribution >= 0.6 is 0 Å². The van der Waals surface area contributed by atoms with E-state index in [1.807, 2.05) is 41.5 Å². The lowest BCUT2D eigenvalue weighted by Crippen LogP contribution is -2.14. The van der Waals surface area contributed by atoms with Crippen molar-refractivity contribution in [3.05, 3.63) is 83.4 Å². The van der Waals surface area contributed by atoms with E-state index in [1.165, 1.54) is 15.7 Å². The van der Waals surface area contributed by atoms with Crippen molar-refractivity contribution < 1.29 is 19.1 Å². The smallest absolute Gasteiger partial charge is 0.338 e. The first-order chi connectivity index (χ1) is 30.5. The number of aromatic nitrogens is 6. The third kappa shape index (κ3) is 12.4. The minimum absolute atomic E-state index is 0.192. The van der Waals surface area contributed by atoms with E-state index in [0.29, 0.717) is 81.9 Å². The largest absolute Gasteiger partial charge is 0.462 e. The molecule has 5 aromatic rings. The van der Waals surface area contributed by atoms with Crippen molar-refractivity contribution in [2.45, 2.75) is 131 Å². The van der Waals surface area contributed by atoms with Crippen LogP contribution in [0.3, 0.4) is 0 Å². The van der Waals surface area contributed by atoms with Crippen molar-refractivity contribution >= 4 is 46.3 Å². The zero-order valence-corrected chi connectivity index (χ0v) is 39.3. The van der Waals surface area contributed by atoms with Crippen LogP contribution in [0.5, 0.6) is 0 Å². The number of azo groups is 2. The lowest BCUT2D eigenvalue weighted by atomic mass is 9.91. The fraction of sp³-hybridized carbons (Fsp3) is 0.500. The summed E-state index contributed by atoms with van der Waals surface area (Å²) >= 11 is 0. The number of ether oxygens (including phenoxy) is 2. The van der Waals surface area contributed by atoms with Crippen LogP contribution in [0.1, 0.15) is 153 Å². The summed E-state index contributed by atoms with van der Waals surface area (Å²) in [4.78, 5) is 35.0. The highest BCUT2D eigenvalue weighted by molar-refractivity contribution is 5.91. The molecule has 0 aliphatic rings. The standard InChI is InChI=1S/C48H66N12O4/c1-11-15-19-31(13-3)28-63-45(61)33-21-17-23-35(25-33)53-55-39-41(47(5,6)7)57-59(43(39)49)37-27-38(52-30-51-37)60-44(50)40(42(58-60)48(8,9)10)56-54-36-24-18-22-34(26-36)46(62)64-29-32(14-4)20-16-12-2/h17-18,21-27,30-32H,11-16,19-20,28-29,49-50H2,1-10H3. The fourth-order valence-corrected chi connectivity index (χ4v) is 6.93. The molecule has 16 nitrogen and oxygen atoms in total. The minimum atomic E-state index is -0.497. The Bertz CT molecular complexity index is 2260. The molecule has 2 atom stereocenters. The summed E-state index contributed by atoms with van der Waals surface area (Å²) in [6.07, 6.45) is 9.73. The highest BCUT2D eigenvalue weighted by Crippen LogP contribution is 2.40. The summed E-state index contributed by atoms with van der Waals surface area (Å²) in [7, 11) is 0. The summed E-state index contributed by atoms with van der Waals surface area (Å²) in [5.41, 5.74) is 16.1. The van der Waals surface area contributed by atoms with Crippen molar-refractivity contribution in [2.24, 2.45) is 32.3 Å². The van der Waals surface area contributed by atoms with Gasteiger partial charge in [-0.1, -0.05) is 120 Å². The fourth-order valence-electron chi connectivity index (χ4n) is 6.93. The molecule has 0 amide bonds. The second-order valence-corrected chi connectivity index (χ2v) is 18.3. The maximum atomic E-state index is 13.0. The molecule has 342 valence electrons. The molecule has 0 radical (unpaired) electrons. The van der Waals surface area contributed by atoms with Crippen LogP contribution in [0, 0.1) is 11.8 Å². The number of nitrogens with zero attached hydrogens (tertiary/aromatic N) is 10. The molecule has 0 aliphatic carbocycles. The van der Waals surface area contributed by atoms with Gasteiger partial charge in [-0.25, -0.2) is 19.6 Å². The third-order valence-corrected chi connectivity index (χ3v) is 11.0. The molecule has 0 aliphatic heterocycles. The molecule has 3 heterocycles. The summed E-state index contributed by atoms with van der Waals surface area (Å²) < 4.78 is 14.3. The first-order valence-corrected chi connectivity index (χ1v) is 22.5. The van der Waals surface area contributed by atoms with Crippen LogP contribution < -0.4 is 11.5 Å². The summed E-state index contributed by atoms with van der Waals surface area (Å²) in [6, 6.07) is 15.3. The average molecular weight is 875 g/mol. The molecule has 2 aromatic carbocycles. The van der Waals surface area contributed by atoms with E-state index in [2.05, 4.69) is 58.1 Å². The molecule has 0 saturated heterocycles. The van der Waals surface area contributed by atoms with E-state index in [9.17, 15) is 9.59 Å². The first-order valence-electron chi connectivity index (χ1n) is 22.5. The van der Waals surface area contributed by atoms with E-state index < -0.39 is 22.8 Å². The van der Waals surface area contributed by atoms with E-state index >= 15 is 0 Å². The highest BCUT2D eigenvalue weighted by Gasteiger charge is 2.30. The summed E-state index contributed by atoms with van der Waals surface area (Å²) in [5, 5.41) is 27.8. The Kier molecular flexibility index (Phi) is 16.6. The molecular formula is C48H66N12O4. The SMILES string of the molecule is CCCCC(CC)COC(=O)c1cccc(N=Nc2c(C(C)(C)C)nn(-c3cc(-n4nc(C(C)(C)C)c(N=Nc5cccc(C(=O)OCC(CC)CCCC)c5)c4N)ncn3)c2N)c1. The zero-order chi connectivity index (χ0) is 46.6. The third-order valence-electron chi connectivity index (χ3n) is 11.0. The normalized spacial score (nSPS) is 13.2. The van der Waals surface area contributed by atoms with Crippen molar-refractivity contribution in [3.8, 4) is 11.6 Å². The molecule has 0 spiro atoms. The van der Waals surface area contributed by atoms with Gasteiger partial charge in [0.05, 0.1) is 47.1 Å². The number of nitrogens with two attached hydrogens (primary N) is 2. The molecule has 0 fully saturated rings. The molecule has 0 saturated carbocycles. The molecule has 5 rings (SSSR count). The Morgan fingerprint density at radius 3 is 1.39 bits per heavy atom. The van der Waals surface area contributed by atoms with Gasteiger partial charge in [-0.3, -0.25) is 0 Å². The van der Waals surface area contributed by atoms with Gasteiger partial charge in [-0.2, -0.15) is 29.8 Å². The number of carbonyl (C=O) groups excluding carboxylic acids is 2. The van der Waals surface area contributed by atoms with Gasteiger partial charge in [-0.05, 0) is 61.1 Å². The Hall–Kier alpha value is -6.32. The van der Waals surface area contributed by atoms with Crippen LogP contribution in [0.25, 0.3) is 11.6 Å². The molecule has 64 heavy (non-hydrogen) atoms. The van der Waals surface area contributed by atoms with Crippen molar-refractivity contribution in [1.29, 1.82) is 0 Å². The number of carbonyl (C=O) groups is 2. The van der Waals surface area contributed by atoms with Crippen LogP contribution in [-0.2, 0) is 20.3 Å².